The summed E-state index contributed by atoms with van der Waals surface area (Å²) < 4.78 is 2.02. The number of nitrogens with zero attached hydrogens (tertiary/aromatic N) is 5. The van der Waals surface area contributed by atoms with Gasteiger partial charge in [-0.05, 0) is 76.4 Å². The van der Waals surface area contributed by atoms with Crippen molar-refractivity contribution in [1.29, 1.82) is 0 Å². The number of H-pyrrole nitrogens is 1. The van der Waals surface area contributed by atoms with E-state index in [1.54, 1.807) is 0 Å². The van der Waals surface area contributed by atoms with Crippen molar-refractivity contribution in [3.05, 3.63) is 123 Å². The van der Waals surface area contributed by atoms with Crippen LogP contribution in [0.5, 0.6) is 0 Å². The maximum absolute atomic E-state index is 13.9. The first-order chi connectivity index (χ1) is 20.2. The topological polar surface area (TPSA) is 79.7 Å². The number of benzene rings is 3. The molecule has 6 rings (SSSR count). The zero-order valence-electron chi connectivity index (χ0n) is 23.7. The molecule has 3 aromatic carbocycles. The molecule has 1 N–H and O–H groups in total. The Morgan fingerprint density at radius 1 is 0.902 bits per heavy atom. The van der Waals surface area contributed by atoms with Crippen LogP contribution >= 0.6 is 0 Å². The van der Waals surface area contributed by atoms with Crippen molar-refractivity contribution in [1.82, 2.24) is 30.1 Å². The van der Waals surface area contributed by atoms with Crippen molar-refractivity contribution in [3.63, 3.8) is 0 Å². The Bertz CT molecular complexity index is 1620. The first-order valence-electron chi connectivity index (χ1n) is 14.9. The standard InChI is InChI=1S/C34H38N6O/c1-2-25-18-19-31-28(22-25)23-30(34(41)35-31)32(33-36-37-38-40(33)29-16-10-5-11-17-29)39(24-27-14-8-4-9-15-27)21-20-26-12-6-3-7-13-26/h3-4,6-9,12-15,18-19,22-23,29,32H,2,5,10-11,16-17,20-21,24H2,1H3,(H,35,41). The van der Waals surface area contributed by atoms with Gasteiger partial charge in [-0.15, -0.1) is 5.10 Å². The lowest BCUT2D eigenvalue weighted by Gasteiger charge is -2.33. The van der Waals surface area contributed by atoms with Gasteiger partial charge in [0.2, 0.25) is 0 Å². The fourth-order valence-corrected chi connectivity index (χ4v) is 6.20. The third kappa shape index (κ3) is 6.15. The number of rotatable bonds is 10. The minimum Gasteiger partial charge on any atom is -0.322 e. The lowest BCUT2D eigenvalue weighted by molar-refractivity contribution is 0.197. The summed E-state index contributed by atoms with van der Waals surface area (Å²) in [6.07, 6.45) is 7.49. The highest BCUT2D eigenvalue weighted by Crippen LogP contribution is 2.34. The first-order valence-corrected chi connectivity index (χ1v) is 14.9. The Hall–Kier alpha value is -4.10. The van der Waals surface area contributed by atoms with Crippen LogP contribution in [0.1, 0.15) is 79.2 Å². The van der Waals surface area contributed by atoms with Gasteiger partial charge in [-0.2, -0.15) is 0 Å². The van der Waals surface area contributed by atoms with E-state index >= 15 is 0 Å². The highest BCUT2D eigenvalue weighted by molar-refractivity contribution is 5.80. The third-order valence-electron chi connectivity index (χ3n) is 8.45. The van der Waals surface area contributed by atoms with Crippen LogP contribution < -0.4 is 5.56 Å². The van der Waals surface area contributed by atoms with Crippen LogP contribution in [0.25, 0.3) is 10.9 Å². The highest BCUT2D eigenvalue weighted by atomic mass is 16.1. The summed E-state index contributed by atoms with van der Waals surface area (Å²) in [5, 5.41) is 14.4. The van der Waals surface area contributed by atoms with E-state index < -0.39 is 6.04 Å². The van der Waals surface area contributed by atoms with Crippen molar-refractivity contribution in [2.24, 2.45) is 0 Å². The average Bonchev–Trinajstić information content (AvgIpc) is 3.51. The van der Waals surface area contributed by atoms with Crippen molar-refractivity contribution in [3.8, 4) is 0 Å². The van der Waals surface area contributed by atoms with Gasteiger partial charge in [-0.1, -0.05) is 92.9 Å². The summed E-state index contributed by atoms with van der Waals surface area (Å²) in [6.45, 7) is 3.57. The molecular formula is C34H38N6O. The predicted octanol–water partition coefficient (Wildman–Crippen LogP) is 6.42. The van der Waals surface area contributed by atoms with E-state index in [2.05, 4.69) is 99.1 Å². The van der Waals surface area contributed by atoms with E-state index in [-0.39, 0.29) is 11.6 Å². The van der Waals surface area contributed by atoms with Gasteiger partial charge < -0.3 is 4.98 Å². The number of aryl methyl sites for hydroxylation is 1. The van der Waals surface area contributed by atoms with Crippen LogP contribution in [0, 0.1) is 0 Å². The molecule has 1 aliphatic carbocycles. The lowest BCUT2D eigenvalue weighted by atomic mass is 9.94. The molecule has 1 atom stereocenters. The summed E-state index contributed by atoms with van der Waals surface area (Å²) in [4.78, 5) is 19.4. The van der Waals surface area contributed by atoms with Gasteiger partial charge in [0.05, 0.1) is 6.04 Å². The van der Waals surface area contributed by atoms with Crippen LogP contribution in [0.2, 0.25) is 0 Å². The second-order valence-electron chi connectivity index (χ2n) is 11.2. The van der Waals surface area contributed by atoms with Gasteiger partial charge in [0, 0.05) is 24.2 Å². The summed E-state index contributed by atoms with van der Waals surface area (Å²) in [5.74, 6) is 0.748. The SMILES string of the molecule is CCc1ccc2[nH]c(=O)c(C(c3nnnn3C3CCCCC3)N(CCc3ccccc3)Cc3ccccc3)cc2c1. The molecule has 1 aliphatic rings. The van der Waals surface area contributed by atoms with Gasteiger partial charge in [0.15, 0.2) is 5.82 Å². The number of hydrogen-bond acceptors (Lipinski definition) is 5. The number of hydrogen-bond donors (Lipinski definition) is 1. The third-order valence-corrected chi connectivity index (χ3v) is 8.45. The summed E-state index contributed by atoms with van der Waals surface area (Å²) in [7, 11) is 0. The second-order valence-corrected chi connectivity index (χ2v) is 11.2. The Morgan fingerprint density at radius 2 is 1.63 bits per heavy atom. The quantitative estimate of drug-likeness (QED) is 0.219. The normalized spacial score (nSPS) is 15.0. The Kier molecular flexibility index (Phi) is 8.33. The van der Waals surface area contributed by atoms with E-state index in [4.69, 9.17) is 0 Å². The van der Waals surface area contributed by atoms with Crippen LogP contribution in [-0.4, -0.2) is 36.6 Å². The van der Waals surface area contributed by atoms with Crippen molar-refractivity contribution in [2.45, 2.75) is 70.5 Å². The zero-order chi connectivity index (χ0) is 28.0. The molecule has 5 aromatic rings. The summed E-state index contributed by atoms with van der Waals surface area (Å²) >= 11 is 0. The van der Waals surface area contributed by atoms with Crippen molar-refractivity contribution >= 4 is 10.9 Å². The summed E-state index contributed by atoms with van der Waals surface area (Å²) in [5.41, 5.74) is 5.12. The number of pyridine rings is 1. The molecular weight excluding hydrogens is 508 g/mol. The molecule has 0 amide bonds. The van der Waals surface area contributed by atoms with Crippen LogP contribution in [-0.2, 0) is 19.4 Å². The van der Waals surface area contributed by atoms with Gasteiger partial charge in [0.1, 0.15) is 6.04 Å². The molecule has 0 bridgehead atoms. The number of nitrogens with one attached hydrogen (secondary N) is 1. The average molecular weight is 547 g/mol. The van der Waals surface area contributed by atoms with E-state index in [0.29, 0.717) is 12.1 Å². The fraction of sp³-hybridized carbons (Fsp3) is 0.353. The van der Waals surface area contributed by atoms with Gasteiger partial charge in [0.25, 0.3) is 5.56 Å². The van der Waals surface area contributed by atoms with Crippen LogP contribution in [0.4, 0.5) is 0 Å². The minimum absolute atomic E-state index is 0.0947. The van der Waals surface area contributed by atoms with Crippen molar-refractivity contribution in [2.75, 3.05) is 6.54 Å². The molecule has 2 heterocycles. The first kappa shape index (κ1) is 27.1. The van der Waals surface area contributed by atoms with E-state index in [1.807, 2.05) is 22.9 Å². The fourth-order valence-electron chi connectivity index (χ4n) is 6.20. The van der Waals surface area contributed by atoms with Crippen LogP contribution in [0.3, 0.4) is 0 Å². The van der Waals surface area contributed by atoms with Crippen LogP contribution in [0.15, 0.2) is 89.7 Å². The molecule has 1 fully saturated rings. The Labute approximate surface area is 241 Å². The molecule has 41 heavy (non-hydrogen) atoms. The number of aromatic amines is 1. The Morgan fingerprint density at radius 3 is 2.37 bits per heavy atom. The molecule has 0 spiro atoms. The molecule has 0 saturated heterocycles. The second kappa shape index (κ2) is 12.6. The van der Waals surface area contributed by atoms with E-state index in [9.17, 15) is 4.79 Å². The maximum atomic E-state index is 13.9. The van der Waals surface area contributed by atoms with E-state index in [1.165, 1.54) is 36.0 Å². The minimum atomic E-state index is -0.408. The molecule has 1 saturated carbocycles. The number of aromatic nitrogens is 5. The predicted molar refractivity (Wildman–Crippen MR) is 163 cm³/mol. The molecule has 1 unspecified atom stereocenters. The van der Waals surface area contributed by atoms with E-state index in [0.717, 1.165) is 49.0 Å². The lowest BCUT2D eigenvalue weighted by Crippen LogP contribution is -2.37. The molecule has 0 radical (unpaired) electrons. The Balaban J connectivity index is 1.49. The number of tetrazole rings is 1. The zero-order valence-corrected chi connectivity index (χ0v) is 23.7. The highest BCUT2D eigenvalue weighted by Gasteiger charge is 2.33. The largest absolute Gasteiger partial charge is 0.322 e. The van der Waals surface area contributed by atoms with Gasteiger partial charge in [-0.25, -0.2) is 4.68 Å². The van der Waals surface area contributed by atoms with Crippen molar-refractivity contribution < 1.29 is 0 Å². The maximum Gasteiger partial charge on any atom is 0.253 e. The summed E-state index contributed by atoms with van der Waals surface area (Å²) in [6, 6.07) is 29.2. The monoisotopic (exact) mass is 546 g/mol. The van der Waals surface area contributed by atoms with Gasteiger partial charge in [-0.3, -0.25) is 9.69 Å². The molecule has 0 aliphatic heterocycles. The molecule has 7 heteroatoms. The van der Waals surface area contributed by atoms with Gasteiger partial charge >= 0.3 is 0 Å². The molecule has 210 valence electrons. The number of fused-ring (bicyclic) bond motifs is 1. The molecule has 7 nitrogen and oxygen atoms in total. The molecule has 2 aromatic heterocycles. The smallest absolute Gasteiger partial charge is 0.253 e.